The van der Waals surface area contributed by atoms with Gasteiger partial charge in [0.2, 0.25) is 11.1 Å². The van der Waals surface area contributed by atoms with Crippen LogP contribution in [0.15, 0.2) is 5.16 Å². The molecule has 1 saturated carbocycles. The minimum absolute atomic E-state index is 0.0493. The van der Waals surface area contributed by atoms with E-state index in [1.54, 1.807) is 11.9 Å². The van der Waals surface area contributed by atoms with E-state index >= 15 is 0 Å². The number of nitriles is 1. The van der Waals surface area contributed by atoms with Crippen LogP contribution >= 0.6 is 11.8 Å². The first-order valence-electron chi connectivity index (χ1n) is 6.24. The lowest BCUT2D eigenvalue weighted by Gasteiger charge is -2.14. The summed E-state index contributed by atoms with van der Waals surface area (Å²) in [7, 11) is 1.72. The lowest BCUT2D eigenvalue weighted by atomic mass is 10.3. The van der Waals surface area contributed by atoms with E-state index in [2.05, 4.69) is 15.5 Å². The van der Waals surface area contributed by atoms with Gasteiger partial charge in [-0.25, -0.2) is 4.68 Å². The molecule has 0 aromatic carbocycles. The fraction of sp³-hybridized carbons (Fsp3) is 0.727. The standard InChI is InChI=1S/C11H16N6OS/c1-16(7-2-6-12)10(18)5-8-19-11-13-14-15-17(11)9-3-4-9/h9H,2-5,7-8H2,1H3. The van der Waals surface area contributed by atoms with Crippen molar-refractivity contribution in [2.24, 2.45) is 0 Å². The van der Waals surface area contributed by atoms with Gasteiger partial charge in [0.25, 0.3) is 0 Å². The van der Waals surface area contributed by atoms with Crippen molar-refractivity contribution in [3.63, 3.8) is 0 Å². The van der Waals surface area contributed by atoms with Crippen molar-refractivity contribution in [3.05, 3.63) is 0 Å². The van der Waals surface area contributed by atoms with Crippen LogP contribution in [-0.2, 0) is 4.79 Å². The van der Waals surface area contributed by atoms with Crippen molar-refractivity contribution >= 4 is 17.7 Å². The molecule has 0 N–H and O–H groups in total. The molecule has 1 aliphatic rings. The van der Waals surface area contributed by atoms with Crippen LogP contribution in [0.5, 0.6) is 0 Å². The highest BCUT2D eigenvalue weighted by atomic mass is 32.2. The highest BCUT2D eigenvalue weighted by Gasteiger charge is 2.27. The van der Waals surface area contributed by atoms with E-state index in [1.165, 1.54) is 11.8 Å². The summed E-state index contributed by atoms with van der Waals surface area (Å²) in [6.07, 6.45) is 3.07. The van der Waals surface area contributed by atoms with Crippen molar-refractivity contribution in [1.29, 1.82) is 5.26 Å². The summed E-state index contributed by atoms with van der Waals surface area (Å²) in [6, 6.07) is 2.48. The van der Waals surface area contributed by atoms with Gasteiger partial charge in [0.05, 0.1) is 18.5 Å². The zero-order chi connectivity index (χ0) is 13.7. The van der Waals surface area contributed by atoms with Crippen LogP contribution in [0.4, 0.5) is 0 Å². The number of rotatable bonds is 7. The number of thioether (sulfide) groups is 1. The zero-order valence-corrected chi connectivity index (χ0v) is 11.6. The number of amides is 1. The molecule has 0 aliphatic heterocycles. The molecule has 7 nitrogen and oxygen atoms in total. The van der Waals surface area contributed by atoms with Gasteiger partial charge in [-0.05, 0) is 23.3 Å². The van der Waals surface area contributed by atoms with Crippen molar-refractivity contribution in [2.45, 2.75) is 36.9 Å². The lowest BCUT2D eigenvalue weighted by molar-refractivity contribution is -0.129. The molecule has 0 atom stereocenters. The quantitative estimate of drug-likeness (QED) is 0.688. The molecule has 1 fully saturated rings. The molecule has 1 heterocycles. The van der Waals surface area contributed by atoms with Crippen LogP contribution in [0.25, 0.3) is 0 Å². The third-order valence-corrected chi connectivity index (χ3v) is 3.82. The van der Waals surface area contributed by atoms with Gasteiger partial charge in [0.1, 0.15) is 0 Å². The number of carbonyl (C=O) groups excluding carboxylic acids is 1. The summed E-state index contributed by atoms with van der Waals surface area (Å²) in [5.41, 5.74) is 0. The normalized spacial score (nSPS) is 14.1. The second kappa shape index (κ2) is 6.52. The van der Waals surface area contributed by atoms with Gasteiger partial charge in [0.15, 0.2) is 0 Å². The Morgan fingerprint density at radius 2 is 2.42 bits per heavy atom. The number of aromatic nitrogens is 4. The third-order valence-electron chi connectivity index (χ3n) is 2.89. The Bertz CT molecular complexity index is 478. The molecule has 1 aromatic heterocycles. The van der Waals surface area contributed by atoms with E-state index in [-0.39, 0.29) is 5.91 Å². The Morgan fingerprint density at radius 3 is 3.11 bits per heavy atom. The third kappa shape index (κ3) is 3.92. The molecule has 0 bridgehead atoms. The molecule has 0 radical (unpaired) electrons. The summed E-state index contributed by atoms with van der Waals surface area (Å²) in [6.45, 7) is 0.486. The Morgan fingerprint density at radius 1 is 1.63 bits per heavy atom. The number of hydrogen-bond acceptors (Lipinski definition) is 6. The van der Waals surface area contributed by atoms with Crippen LogP contribution in [0.3, 0.4) is 0 Å². The topological polar surface area (TPSA) is 87.7 Å². The van der Waals surface area contributed by atoms with E-state index in [0.29, 0.717) is 31.2 Å². The number of hydrogen-bond donors (Lipinski definition) is 0. The molecular formula is C11H16N6OS. The summed E-state index contributed by atoms with van der Waals surface area (Å²) in [5, 5.41) is 20.8. The molecule has 0 unspecified atom stereocenters. The van der Waals surface area contributed by atoms with Crippen molar-refractivity contribution in [2.75, 3.05) is 19.3 Å². The van der Waals surface area contributed by atoms with Crippen LogP contribution in [0, 0.1) is 11.3 Å². The van der Waals surface area contributed by atoms with E-state index in [4.69, 9.17) is 5.26 Å². The van der Waals surface area contributed by atoms with Crippen LogP contribution < -0.4 is 0 Å². The smallest absolute Gasteiger partial charge is 0.223 e. The predicted molar refractivity (Wildman–Crippen MR) is 69.3 cm³/mol. The molecule has 1 aromatic rings. The maximum Gasteiger partial charge on any atom is 0.223 e. The second-order valence-electron chi connectivity index (χ2n) is 4.46. The maximum absolute atomic E-state index is 11.8. The zero-order valence-electron chi connectivity index (χ0n) is 10.8. The lowest BCUT2D eigenvalue weighted by Crippen LogP contribution is -2.27. The van der Waals surface area contributed by atoms with E-state index in [9.17, 15) is 4.79 Å². The minimum atomic E-state index is 0.0493. The first kappa shape index (κ1) is 13.8. The average Bonchev–Trinajstić information content (AvgIpc) is 3.15. The summed E-state index contributed by atoms with van der Waals surface area (Å²) in [4.78, 5) is 13.3. The fourth-order valence-electron chi connectivity index (χ4n) is 1.59. The Hall–Kier alpha value is -1.62. The Labute approximate surface area is 115 Å². The van der Waals surface area contributed by atoms with E-state index < -0.39 is 0 Å². The van der Waals surface area contributed by atoms with Gasteiger partial charge in [-0.2, -0.15) is 5.26 Å². The van der Waals surface area contributed by atoms with Gasteiger partial charge < -0.3 is 4.90 Å². The molecule has 102 valence electrons. The first-order chi connectivity index (χ1) is 9.22. The maximum atomic E-state index is 11.8. The SMILES string of the molecule is CN(CCC#N)C(=O)CCSc1nnnn1C1CC1. The molecule has 0 spiro atoms. The fourth-order valence-corrected chi connectivity index (χ4v) is 2.46. The molecular weight excluding hydrogens is 264 g/mol. The molecule has 1 amide bonds. The van der Waals surface area contributed by atoms with Gasteiger partial charge >= 0.3 is 0 Å². The van der Waals surface area contributed by atoms with E-state index in [1.807, 2.05) is 10.8 Å². The highest BCUT2D eigenvalue weighted by molar-refractivity contribution is 7.99. The first-order valence-corrected chi connectivity index (χ1v) is 7.22. The molecule has 0 saturated heterocycles. The Kier molecular flexibility index (Phi) is 4.74. The van der Waals surface area contributed by atoms with Crippen molar-refractivity contribution in [1.82, 2.24) is 25.1 Å². The molecule has 8 heteroatoms. The van der Waals surface area contributed by atoms with Gasteiger partial charge in [-0.3, -0.25) is 4.79 Å². The van der Waals surface area contributed by atoms with Gasteiger partial charge in [-0.15, -0.1) is 5.10 Å². The molecule has 19 heavy (non-hydrogen) atoms. The Balaban J connectivity index is 1.72. The number of nitrogens with zero attached hydrogens (tertiary/aromatic N) is 6. The van der Waals surface area contributed by atoms with Crippen LogP contribution in [0.2, 0.25) is 0 Å². The summed E-state index contributed by atoms with van der Waals surface area (Å²) >= 11 is 1.51. The highest BCUT2D eigenvalue weighted by Crippen LogP contribution is 2.36. The van der Waals surface area contributed by atoms with Gasteiger partial charge in [-0.1, -0.05) is 11.8 Å². The minimum Gasteiger partial charge on any atom is -0.345 e. The predicted octanol–water partition coefficient (Wildman–Crippen LogP) is 0.862. The van der Waals surface area contributed by atoms with E-state index in [0.717, 1.165) is 18.0 Å². The van der Waals surface area contributed by atoms with Gasteiger partial charge in [0, 0.05) is 25.8 Å². The van der Waals surface area contributed by atoms with Crippen LogP contribution in [-0.4, -0.2) is 50.4 Å². The molecule has 1 aliphatic carbocycles. The number of carbonyl (C=O) groups is 1. The van der Waals surface area contributed by atoms with Crippen molar-refractivity contribution < 1.29 is 4.79 Å². The van der Waals surface area contributed by atoms with Crippen molar-refractivity contribution in [3.8, 4) is 6.07 Å². The second-order valence-corrected chi connectivity index (χ2v) is 5.52. The largest absolute Gasteiger partial charge is 0.345 e. The number of tetrazole rings is 1. The monoisotopic (exact) mass is 280 g/mol. The molecule has 2 rings (SSSR count). The summed E-state index contributed by atoms with van der Waals surface area (Å²) in [5.74, 6) is 0.705. The summed E-state index contributed by atoms with van der Waals surface area (Å²) < 4.78 is 1.84. The van der Waals surface area contributed by atoms with Crippen LogP contribution in [0.1, 0.15) is 31.7 Å². The average molecular weight is 280 g/mol.